The molecule has 2 aromatic rings. The number of ether oxygens (including phenoxy) is 1. The molecule has 1 saturated carbocycles. The summed E-state index contributed by atoms with van der Waals surface area (Å²) in [6.45, 7) is -0.455. The molecule has 5 nitrogen and oxygen atoms in total. The van der Waals surface area contributed by atoms with Crippen molar-refractivity contribution in [3.05, 3.63) is 63.6 Å². The molecule has 1 fully saturated rings. The van der Waals surface area contributed by atoms with Gasteiger partial charge in [0.1, 0.15) is 24.0 Å². The molecule has 1 aliphatic rings. The molecule has 3 rings (SSSR count). The van der Waals surface area contributed by atoms with Gasteiger partial charge in [-0.25, -0.2) is 8.78 Å². The summed E-state index contributed by atoms with van der Waals surface area (Å²) in [6.07, 6.45) is -3.81. The summed E-state index contributed by atoms with van der Waals surface area (Å²) in [6, 6.07) is 6.01. The molecule has 0 spiro atoms. The van der Waals surface area contributed by atoms with Crippen molar-refractivity contribution >= 4 is 27.6 Å². The van der Waals surface area contributed by atoms with Crippen molar-refractivity contribution in [2.75, 3.05) is 18.7 Å². The van der Waals surface area contributed by atoms with Crippen LogP contribution < -0.4 is 5.32 Å². The average Bonchev–Trinajstić information content (AvgIpc) is 2.70. The molecular weight excluding hydrogens is 517 g/mol. The molecule has 3 atom stereocenters. The molecule has 1 aliphatic carbocycles. The number of hydrogen-bond donors (Lipinski definition) is 3. The minimum atomic E-state index is -4.67. The van der Waals surface area contributed by atoms with Crippen LogP contribution in [0.2, 0.25) is 0 Å². The van der Waals surface area contributed by atoms with Gasteiger partial charge < -0.3 is 20.3 Å². The number of rotatable bonds is 7. The number of benzene rings is 2. The quantitative estimate of drug-likeness (QED) is 0.246. The lowest BCUT2D eigenvalue weighted by Gasteiger charge is -2.42. The summed E-state index contributed by atoms with van der Waals surface area (Å²) in [7, 11) is 0. The molecule has 0 unspecified atom stereocenters. The van der Waals surface area contributed by atoms with Crippen LogP contribution in [-0.4, -0.2) is 29.5 Å². The summed E-state index contributed by atoms with van der Waals surface area (Å²) in [5.74, 6) is -5.20. The number of aliphatic carboxylic acids is 1. The van der Waals surface area contributed by atoms with Crippen molar-refractivity contribution < 1.29 is 41.7 Å². The van der Waals surface area contributed by atoms with Gasteiger partial charge in [-0.15, -0.1) is 0 Å². The Morgan fingerprint density at radius 2 is 1.91 bits per heavy atom. The average molecular weight is 538 g/mol. The van der Waals surface area contributed by atoms with Crippen LogP contribution in [-0.2, 0) is 21.3 Å². The number of anilines is 1. The lowest BCUT2D eigenvalue weighted by atomic mass is 9.66. The van der Waals surface area contributed by atoms with Gasteiger partial charge >= 0.3 is 12.1 Å². The van der Waals surface area contributed by atoms with Gasteiger partial charge in [0.15, 0.2) is 0 Å². The summed E-state index contributed by atoms with van der Waals surface area (Å²) in [5.41, 5.74) is -3.41. The van der Waals surface area contributed by atoms with Crippen molar-refractivity contribution in [2.45, 2.75) is 31.0 Å². The van der Waals surface area contributed by atoms with Gasteiger partial charge in [-0.1, -0.05) is 22.0 Å². The van der Waals surface area contributed by atoms with E-state index in [1.54, 1.807) is 0 Å². The topological polar surface area (TPSA) is 78.8 Å². The summed E-state index contributed by atoms with van der Waals surface area (Å²) in [5, 5.41) is 23.5. The highest BCUT2D eigenvalue weighted by Gasteiger charge is 2.51. The van der Waals surface area contributed by atoms with Crippen molar-refractivity contribution in [3.63, 3.8) is 0 Å². The Bertz CT molecular complexity index is 1020. The van der Waals surface area contributed by atoms with Crippen LogP contribution >= 0.6 is 15.9 Å². The standard InChI is InChI=1S/C22H21BrF5NO4/c23-14-4-5-15(16(24)9-14)21(32)7-1-2-12(19(21)20(30)31)10-33-11-29-18-6-3-13(8-17(18)25)22(26,27)28/h3-6,8-9,12,19,29,32H,1-2,7,10-11H2,(H,30,31)/t12-,19+,21+/m1/s1. The molecule has 0 saturated heterocycles. The Balaban J connectivity index is 1.67. The minimum absolute atomic E-state index is 0.0496. The van der Waals surface area contributed by atoms with Crippen molar-refractivity contribution in [2.24, 2.45) is 11.8 Å². The molecule has 0 bridgehead atoms. The second kappa shape index (κ2) is 9.94. The highest BCUT2D eigenvalue weighted by Crippen LogP contribution is 2.46. The van der Waals surface area contributed by atoms with Crippen LogP contribution in [0.5, 0.6) is 0 Å². The Morgan fingerprint density at radius 1 is 1.18 bits per heavy atom. The highest BCUT2D eigenvalue weighted by molar-refractivity contribution is 9.10. The van der Waals surface area contributed by atoms with E-state index >= 15 is 0 Å². The van der Waals surface area contributed by atoms with Gasteiger partial charge in [-0.2, -0.15) is 13.2 Å². The maximum absolute atomic E-state index is 14.5. The number of carboxylic acid groups (broad SMARTS) is 1. The monoisotopic (exact) mass is 537 g/mol. The van der Waals surface area contributed by atoms with Crippen molar-refractivity contribution in [1.82, 2.24) is 0 Å². The van der Waals surface area contributed by atoms with E-state index in [0.717, 1.165) is 18.2 Å². The summed E-state index contributed by atoms with van der Waals surface area (Å²) < 4.78 is 72.2. The number of alkyl halides is 3. The van der Waals surface area contributed by atoms with Gasteiger partial charge in [0.25, 0.3) is 0 Å². The molecule has 11 heteroatoms. The third-order valence-electron chi connectivity index (χ3n) is 5.78. The van der Waals surface area contributed by atoms with Crippen LogP contribution in [0.4, 0.5) is 27.6 Å². The second-order valence-corrected chi connectivity index (χ2v) is 8.82. The first kappa shape index (κ1) is 25.4. The molecule has 33 heavy (non-hydrogen) atoms. The number of halogens is 6. The number of aliphatic hydroxyl groups is 1. The number of carboxylic acids is 1. The van der Waals surface area contributed by atoms with Gasteiger partial charge in [0.2, 0.25) is 0 Å². The SMILES string of the molecule is O=C(O)[C@@H]1[C@@H](COCNc2ccc(C(F)(F)F)cc2F)CCC[C@]1(O)c1ccc(Br)cc1F. The Kier molecular flexibility index (Phi) is 7.65. The smallest absolute Gasteiger partial charge is 0.416 e. The summed E-state index contributed by atoms with van der Waals surface area (Å²) in [4.78, 5) is 12.0. The van der Waals surface area contributed by atoms with E-state index in [1.165, 1.54) is 12.1 Å². The van der Waals surface area contributed by atoms with E-state index in [9.17, 15) is 37.0 Å². The molecule has 3 N–H and O–H groups in total. The molecule has 2 aromatic carbocycles. The molecule has 0 aliphatic heterocycles. The fraction of sp³-hybridized carbons (Fsp3) is 0.409. The first-order valence-corrected chi connectivity index (χ1v) is 10.8. The van der Waals surface area contributed by atoms with Gasteiger partial charge in [0.05, 0.1) is 23.8 Å². The second-order valence-electron chi connectivity index (χ2n) is 7.90. The minimum Gasteiger partial charge on any atom is -0.481 e. The largest absolute Gasteiger partial charge is 0.481 e. The van der Waals surface area contributed by atoms with E-state index in [1.807, 2.05) is 0 Å². The van der Waals surface area contributed by atoms with E-state index in [4.69, 9.17) is 4.74 Å². The van der Waals surface area contributed by atoms with Crippen LogP contribution in [0.3, 0.4) is 0 Å². The lowest BCUT2D eigenvalue weighted by Crippen LogP contribution is -2.49. The molecule has 180 valence electrons. The van der Waals surface area contributed by atoms with Crippen LogP contribution in [0.25, 0.3) is 0 Å². The normalized spacial score (nSPS) is 23.4. The molecule has 0 heterocycles. The molecule has 0 aromatic heterocycles. The third kappa shape index (κ3) is 5.64. The van der Waals surface area contributed by atoms with Crippen LogP contribution in [0.15, 0.2) is 40.9 Å². The third-order valence-corrected chi connectivity index (χ3v) is 6.27. The fourth-order valence-electron chi connectivity index (χ4n) is 4.25. The Morgan fingerprint density at radius 3 is 2.52 bits per heavy atom. The van der Waals surface area contributed by atoms with Gasteiger partial charge in [-0.3, -0.25) is 4.79 Å². The highest BCUT2D eigenvalue weighted by atomic mass is 79.9. The summed E-state index contributed by atoms with van der Waals surface area (Å²) >= 11 is 3.13. The van der Waals surface area contributed by atoms with E-state index in [0.29, 0.717) is 23.4 Å². The molecule has 0 radical (unpaired) electrons. The van der Waals surface area contributed by atoms with Crippen LogP contribution in [0, 0.1) is 23.5 Å². The number of nitrogens with one attached hydrogen (secondary N) is 1. The zero-order valence-electron chi connectivity index (χ0n) is 17.1. The predicted molar refractivity (Wildman–Crippen MR) is 112 cm³/mol. The fourth-order valence-corrected chi connectivity index (χ4v) is 4.58. The first-order chi connectivity index (χ1) is 15.4. The Hall–Kier alpha value is -2.24. The maximum atomic E-state index is 14.5. The number of hydrogen-bond acceptors (Lipinski definition) is 4. The van der Waals surface area contributed by atoms with E-state index < -0.39 is 46.8 Å². The van der Waals surface area contributed by atoms with Gasteiger partial charge in [-0.05, 0) is 55.5 Å². The maximum Gasteiger partial charge on any atom is 0.416 e. The van der Waals surface area contributed by atoms with Crippen molar-refractivity contribution in [1.29, 1.82) is 0 Å². The lowest BCUT2D eigenvalue weighted by molar-refractivity contribution is -0.166. The first-order valence-electron chi connectivity index (χ1n) is 10.0. The zero-order chi connectivity index (χ0) is 24.4. The van der Waals surface area contributed by atoms with Crippen LogP contribution in [0.1, 0.15) is 30.4 Å². The number of carbonyl (C=O) groups is 1. The van der Waals surface area contributed by atoms with E-state index in [-0.39, 0.29) is 31.0 Å². The van der Waals surface area contributed by atoms with Crippen molar-refractivity contribution in [3.8, 4) is 0 Å². The zero-order valence-corrected chi connectivity index (χ0v) is 18.7. The Labute approximate surface area is 194 Å². The molecule has 0 amide bonds. The predicted octanol–water partition coefficient (Wildman–Crippen LogP) is 5.52. The molecular formula is C22H21BrF5NO4. The van der Waals surface area contributed by atoms with Gasteiger partial charge in [0, 0.05) is 10.0 Å². The van der Waals surface area contributed by atoms with E-state index in [2.05, 4.69) is 21.2 Å².